The molecule has 39 heavy (non-hydrogen) atoms. The number of carbonyl (C=O) groups is 1. The molecule has 2 fully saturated rings. The molecule has 1 aliphatic carbocycles. The molecule has 212 valence electrons. The van der Waals surface area contributed by atoms with Gasteiger partial charge in [-0.2, -0.15) is 0 Å². The predicted molar refractivity (Wildman–Crippen MR) is 156 cm³/mol. The lowest BCUT2D eigenvalue weighted by molar-refractivity contribution is -0.201. The zero-order valence-corrected chi connectivity index (χ0v) is 25.4. The first-order valence-corrected chi connectivity index (χ1v) is 15.6. The Morgan fingerprint density at radius 1 is 1.21 bits per heavy atom. The van der Waals surface area contributed by atoms with Crippen LogP contribution in [0.1, 0.15) is 70.2 Å². The van der Waals surface area contributed by atoms with E-state index in [1.807, 2.05) is 6.07 Å². The zero-order chi connectivity index (χ0) is 28.9. The van der Waals surface area contributed by atoms with Gasteiger partial charge in [0.1, 0.15) is 11.9 Å². The molecule has 11 heteroatoms. The fourth-order valence-corrected chi connectivity index (χ4v) is 7.09. The van der Waals surface area contributed by atoms with Gasteiger partial charge >= 0.3 is 0 Å². The van der Waals surface area contributed by atoms with Gasteiger partial charge in [-0.1, -0.05) is 53.6 Å². The number of benzene rings is 2. The van der Waals surface area contributed by atoms with Crippen molar-refractivity contribution < 1.29 is 22.3 Å². The lowest BCUT2D eigenvalue weighted by Crippen LogP contribution is -2.62. The minimum Gasteiger partial charge on any atom is -0.393 e. The van der Waals surface area contributed by atoms with E-state index in [0.29, 0.717) is 16.1 Å². The fraction of sp³-hybridized carbons (Fsp3) is 0.500. The molecule has 0 bridgehead atoms. The highest BCUT2D eigenvalue weighted by atomic mass is 35.5. The van der Waals surface area contributed by atoms with Gasteiger partial charge in [-0.25, -0.2) is 12.8 Å². The Bertz CT molecular complexity index is 1390. The molecular weight excluding hydrogens is 582 g/mol. The van der Waals surface area contributed by atoms with Crippen LogP contribution in [-0.2, 0) is 19.4 Å². The van der Waals surface area contributed by atoms with Gasteiger partial charge in [-0.05, 0) is 81.8 Å². The topological polar surface area (TPSA) is 89.7 Å². The number of morpholine rings is 1. The first kappa shape index (κ1) is 30.2. The standard InChI is InChI=1S/C28H33Cl2FN2O4S2/c1-27(2,3)39(35,36)15-22(16-8-9-16)33-24(17-10-11-20(30)21(31)13-17)25(18-6-5-7-19(29)12-18)37-28(4,26(33)34)14-23(32)38/h5-7,10-13,16,22,24-25H,8-9,14-15H2,1-4H3,(H2,32,38)/t22?,24?,25-,28-/m1/s1. The van der Waals surface area contributed by atoms with Crippen LogP contribution in [0.2, 0.25) is 10.0 Å². The number of halogens is 3. The van der Waals surface area contributed by atoms with Gasteiger partial charge in [0.25, 0.3) is 5.91 Å². The van der Waals surface area contributed by atoms with Crippen molar-refractivity contribution in [1.29, 1.82) is 0 Å². The van der Waals surface area contributed by atoms with E-state index in [4.69, 9.17) is 45.9 Å². The summed E-state index contributed by atoms with van der Waals surface area (Å²) in [7, 11) is -3.65. The number of sulfone groups is 1. The minimum absolute atomic E-state index is 0.0436. The third-order valence-electron chi connectivity index (χ3n) is 7.48. The number of thiocarbonyl (C=S) groups is 1. The number of ether oxygens (including phenoxy) is 1. The molecule has 1 amide bonds. The van der Waals surface area contributed by atoms with Crippen molar-refractivity contribution in [2.45, 2.75) is 75.5 Å². The fourth-order valence-electron chi connectivity index (χ4n) is 5.11. The van der Waals surface area contributed by atoms with Gasteiger partial charge in [-0.3, -0.25) is 4.79 Å². The second kappa shape index (κ2) is 10.9. The van der Waals surface area contributed by atoms with Crippen molar-refractivity contribution in [1.82, 2.24) is 4.90 Å². The summed E-state index contributed by atoms with van der Waals surface area (Å²) in [6.45, 7) is 6.54. The summed E-state index contributed by atoms with van der Waals surface area (Å²) in [5, 5.41) is 0.380. The van der Waals surface area contributed by atoms with Crippen molar-refractivity contribution in [2.24, 2.45) is 11.7 Å². The molecule has 0 spiro atoms. The number of carbonyl (C=O) groups excluding carboxylic acids is 1. The highest BCUT2D eigenvalue weighted by Gasteiger charge is 2.56. The van der Waals surface area contributed by atoms with Crippen LogP contribution in [0.5, 0.6) is 0 Å². The first-order valence-electron chi connectivity index (χ1n) is 12.8. The van der Waals surface area contributed by atoms with E-state index in [-0.39, 0.29) is 28.1 Å². The van der Waals surface area contributed by atoms with Crippen molar-refractivity contribution in [2.75, 3.05) is 5.75 Å². The molecule has 1 heterocycles. The van der Waals surface area contributed by atoms with Gasteiger partial charge in [-0.15, -0.1) is 0 Å². The summed E-state index contributed by atoms with van der Waals surface area (Å²) >= 11 is 17.5. The average Bonchev–Trinajstić information content (AvgIpc) is 3.65. The monoisotopic (exact) mass is 614 g/mol. The molecule has 0 aromatic heterocycles. The molecule has 6 nitrogen and oxygen atoms in total. The second-order valence-electron chi connectivity index (χ2n) is 11.6. The second-order valence-corrected chi connectivity index (χ2v) is 15.8. The molecule has 2 aromatic rings. The largest absolute Gasteiger partial charge is 0.393 e. The molecule has 4 atom stereocenters. The van der Waals surface area contributed by atoms with Gasteiger partial charge in [0.15, 0.2) is 15.4 Å². The Balaban J connectivity index is 1.97. The van der Waals surface area contributed by atoms with Crippen molar-refractivity contribution in [3.05, 3.63) is 69.5 Å². The smallest absolute Gasteiger partial charge is 0.255 e. The average molecular weight is 616 g/mol. The minimum atomic E-state index is -3.65. The summed E-state index contributed by atoms with van der Waals surface area (Å²) < 4.78 is 47.4. The molecule has 2 aliphatic rings. The zero-order valence-electron chi connectivity index (χ0n) is 22.3. The summed E-state index contributed by atoms with van der Waals surface area (Å²) in [5.41, 5.74) is 5.49. The number of rotatable bonds is 8. The molecule has 0 radical (unpaired) electrons. The van der Waals surface area contributed by atoms with E-state index in [9.17, 15) is 17.6 Å². The number of nitrogens with zero attached hydrogens (tertiary/aromatic N) is 1. The quantitative estimate of drug-likeness (QED) is 0.356. The van der Waals surface area contributed by atoms with E-state index >= 15 is 0 Å². The van der Waals surface area contributed by atoms with Crippen LogP contribution in [0.25, 0.3) is 0 Å². The van der Waals surface area contributed by atoms with Crippen LogP contribution in [0.3, 0.4) is 0 Å². The van der Waals surface area contributed by atoms with Crippen LogP contribution in [0.4, 0.5) is 4.39 Å². The Kier molecular flexibility index (Phi) is 8.43. The van der Waals surface area contributed by atoms with Gasteiger partial charge in [0, 0.05) is 17.5 Å². The molecule has 1 saturated carbocycles. The van der Waals surface area contributed by atoms with E-state index in [1.165, 1.54) is 12.1 Å². The van der Waals surface area contributed by atoms with Crippen molar-refractivity contribution in [3.63, 3.8) is 0 Å². The molecule has 1 saturated heterocycles. The molecular formula is C28H33Cl2FN2O4S2. The number of nitrogens with two attached hydrogens (primary N) is 1. The van der Waals surface area contributed by atoms with E-state index in [1.54, 1.807) is 56.9 Å². The maximum atomic E-state index is 14.8. The molecule has 2 N–H and O–H groups in total. The van der Waals surface area contributed by atoms with Crippen molar-refractivity contribution >= 4 is 56.2 Å². The number of amides is 1. The van der Waals surface area contributed by atoms with Crippen LogP contribution < -0.4 is 5.73 Å². The Morgan fingerprint density at radius 3 is 2.41 bits per heavy atom. The number of hydrogen-bond donors (Lipinski definition) is 1. The van der Waals surface area contributed by atoms with Crippen LogP contribution in [0.15, 0.2) is 42.5 Å². The van der Waals surface area contributed by atoms with Crippen LogP contribution in [-0.4, -0.2) is 46.4 Å². The maximum absolute atomic E-state index is 14.8. The third-order valence-corrected chi connectivity index (χ3v) is 10.8. The summed E-state index contributed by atoms with van der Waals surface area (Å²) in [5.74, 6) is -1.40. The molecule has 2 aromatic carbocycles. The number of hydrogen-bond acceptors (Lipinski definition) is 5. The lowest BCUT2D eigenvalue weighted by Gasteiger charge is -2.52. The van der Waals surface area contributed by atoms with Gasteiger partial charge in [0.05, 0.1) is 26.6 Å². The molecule has 2 unspecified atom stereocenters. The molecule has 4 rings (SSSR count). The summed E-state index contributed by atoms with van der Waals surface area (Å²) in [6.07, 6.45) is 0.648. The van der Waals surface area contributed by atoms with Gasteiger partial charge in [0.2, 0.25) is 0 Å². The Hall–Kier alpha value is -1.78. The van der Waals surface area contributed by atoms with Crippen LogP contribution in [0, 0.1) is 11.7 Å². The van der Waals surface area contributed by atoms with Crippen molar-refractivity contribution in [3.8, 4) is 0 Å². The van der Waals surface area contributed by atoms with E-state index < -0.39 is 50.1 Å². The Morgan fingerprint density at radius 2 is 1.87 bits per heavy atom. The maximum Gasteiger partial charge on any atom is 0.255 e. The van der Waals surface area contributed by atoms with Crippen LogP contribution >= 0.6 is 35.4 Å². The third kappa shape index (κ3) is 6.27. The van der Waals surface area contributed by atoms with Gasteiger partial charge < -0.3 is 15.4 Å². The predicted octanol–water partition coefficient (Wildman–Crippen LogP) is 6.20. The first-order chi connectivity index (χ1) is 18.0. The molecule has 1 aliphatic heterocycles. The van der Waals surface area contributed by atoms with E-state index in [0.717, 1.165) is 12.8 Å². The normalized spacial score (nSPS) is 25.0. The highest BCUT2D eigenvalue weighted by molar-refractivity contribution is 7.92. The van der Waals surface area contributed by atoms with E-state index in [2.05, 4.69) is 0 Å². The Labute approximate surface area is 244 Å². The highest BCUT2D eigenvalue weighted by Crippen LogP contribution is 2.51. The SMILES string of the molecule is CC(C)(C)S(=O)(=O)CC(C1CC1)N1C(=O)[C@@](C)(CC(N)=S)O[C@H](c2cccc(Cl)c2)C1c1ccc(Cl)c(F)c1. The summed E-state index contributed by atoms with van der Waals surface area (Å²) in [6, 6.07) is 9.78. The summed E-state index contributed by atoms with van der Waals surface area (Å²) in [4.78, 5) is 16.1. The lowest BCUT2D eigenvalue weighted by atomic mass is 9.85.